The maximum atomic E-state index is 12.2. The smallest absolute Gasteiger partial charge is 0.387 e. The van der Waals surface area contributed by atoms with E-state index in [-0.39, 0.29) is 17.4 Å². The van der Waals surface area contributed by atoms with E-state index in [0.29, 0.717) is 28.7 Å². The molecule has 1 aromatic heterocycles. The van der Waals surface area contributed by atoms with Crippen molar-refractivity contribution in [3.05, 3.63) is 54.1 Å². The van der Waals surface area contributed by atoms with Gasteiger partial charge in [-0.15, -0.1) is 10.2 Å². The molecule has 11 heteroatoms. The number of hydrogen-bond acceptors (Lipinski definition) is 7. The number of amides is 1. The Kier molecular flexibility index (Phi) is 6.82. The predicted molar refractivity (Wildman–Crippen MR) is 107 cm³/mol. The number of nitrogens with one attached hydrogen (secondary N) is 1. The standard InChI is InChI=1S/C19H16F2N6O2S/c20-18(21)29-15-7-3-13(4-8-15)17-25-26-19(27(17)23)30-11-16(28)24-14-5-1-12(2-6-14)9-10-22/h1-8,18H,9,11,23H2,(H,24,28). The van der Waals surface area contributed by atoms with Crippen LogP contribution in [-0.2, 0) is 11.2 Å². The minimum atomic E-state index is -2.90. The number of carbonyl (C=O) groups is 1. The molecule has 30 heavy (non-hydrogen) atoms. The summed E-state index contributed by atoms with van der Waals surface area (Å²) in [7, 11) is 0. The van der Waals surface area contributed by atoms with Crippen molar-refractivity contribution in [3.8, 4) is 23.2 Å². The number of carbonyl (C=O) groups excluding carboxylic acids is 1. The number of benzene rings is 2. The highest BCUT2D eigenvalue weighted by atomic mass is 32.2. The summed E-state index contributed by atoms with van der Waals surface area (Å²) in [6.07, 6.45) is 0.306. The fraction of sp³-hybridized carbons (Fsp3) is 0.158. The molecule has 0 atom stereocenters. The fourth-order valence-corrected chi connectivity index (χ4v) is 3.14. The number of nitriles is 1. The first-order chi connectivity index (χ1) is 14.5. The molecular formula is C19H16F2N6O2S. The Morgan fingerprint density at radius 1 is 1.20 bits per heavy atom. The third kappa shape index (κ3) is 5.45. The van der Waals surface area contributed by atoms with E-state index < -0.39 is 6.61 Å². The van der Waals surface area contributed by atoms with Crippen LogP contribution >= 0.6 is 11.8 Å². The molecular weight excluding hydrogens is 414 g/mol. The van der Waals surface area contributed by atoms with E-state index in [4.69, 9.17) is 11.1 Å². The van der Waals surface area contributed by atoms with Crippen molar-refractivity contribution in [1.29, 1.82) is 5.26 Å². The van der Waals surface area contributed by atoms with Crippen molar-refractivity contribution < 1.29 is 18.3 Å². The molecule has 0 aliphatic heterocycles. The van der Waals surface area contributed by atoms with Gasteiger partial charge < -0.3 is 15.9 Å². The van der Waals surface area contributed by atoms with Crippen LogP contribution in [0.1, 0.15) is 5.56 Å². The molecule has 0 spiro atoms. The first kappa shape index (κ1) is 21.1. The van der Waals surface area contributed by atoms with Crippen molar-refractivity contribution in [2.75, 3.05) is 16.9 Å². The second kappa shape index (κ2) is 9.71. The summed E-state index contributed by atoms with van der Waals surface area (Å²) in [5.74, 6) is 6.13. The quantitative estimate of drug-likeness (QED) is 0.416. The van der Waals surface area contributed by atoms with Crippen molar-refractivity contribution in [2.24, 2.45) is 0 Å². The number of nitrogens with zero attached hydrogens (tertiary/aromatic N) is 4. The van der Waals surface area contributed by atoms with Gasteiger partial charge in [0.25, 0.3) is 0 Å². The Bertz CT molecular complexity index is 1050. The van der Waals surface area contributed by atoms with Gasteiger partial charge in [-0.3, -0.25) is 4.79 Å². The van der Waals surface area contributed by atoms with Crippen molar-refractivity contribution in [1.82, 2.24) is 14.9 Å². The SMILES string of the molecule is N#CCc1ccc(NC(=O)CSc2nnc(-c3ccc(OC(F)F)cc3)n2N)cc1. The molecule has 154 valence electrons. The van der Waals surface area contributed by atoms with Crippen LogP contribution in [0.15, 0.2) is 53.7 Å². The van der Waals surface area contributed by atoms with Crippen LogP contribution in [0.25, 0.3) is 11.4 Å². The van der Waals surface area contributed by atoms with Gasteiger partial charge in [0.15, 0.2) is 5.82 Å². The van der Waals surface area contributed by atoms with Crippen LogP contribution in [0.5, 0.6) is 5.75 Å². The molecule has 0 bridgehead atoms. The van der Waals surface area contributed by atoms with E-state index in [1.54, 1.807) is 24.3 Å². The fourth-order valence-electron chi connectivity index (χ4n) is 2.48. The third-order valence-corrected chi connectivity index (χ3v) is 4.80. The molecule has 0 aliphatic carbocycles. The van der Waals surface area contributed by atoms with E-state index >= 15 is 0 Å². The van der Waals surface area contributed by atoms with Gasteiger partial charge in [0.2, 0.25) is 11.1 Å². The summed E-state index contributed by atoms with van der Waals surface area (Å²) in [6, 6.07) is 14.8. The molecule has 8 nitrogen and oxygen atoms in total. The van der Waals surface area contributed by atoms with Gasteiger partial charge in [0, 0.05) is 11.3 Å². The lowest BCUT2D eigenvalue weighted by molar-refractivity contribution is -0.113. The molecule has 3 aromatic rings. The zero-order chi connectivity index (χ0) is 21.5. The normalized spacial score (nSPS) is 10.6. The highest BCUT2D eigenvalue weighted by Gasteiger charge is 2.14. The Morgan fingerprint density at radius 2 is 1.90 bits per heavy atom. The van der Waals surface area contributed by atoms with Crippen molar-refractivity contribution in [3.63, 3.8) is 0 Å². The molecule has 2 aromatic carbocycles. The number of aromatic nitrogens is 3. The summed E-state index contributed by atoms with van der Waals surface area (Å²) >= 11 is 1.10. The second-order valence-electron chi connectivity index (χ2n) is 5.95. The molecule has 0 fully saturated rings. The first-order valence-electron chi connectivity index (χ1n) is 8.60. The number of nitrogen functional groups attached to an aromatic ring is 1. The number of ether oxygens (including phenoxy) is 1. The summed E-state index contributed by atoms with van der Waals surface area (Å²) in [4.78, 5) is 12.2. The van der Waals surface area contributed by atoms with Gasteiger partial charge in [-0.05, 0) is 42.0 Å². The van der Waals surface area contributed by atoms with Gasteiger partial charge in [0.05, 0.1) is 18.2 Å². The number of nitrogens with two attached hydrogens (primary N) is 1. The van der Waals surface area contributed by atoms with E-state index in [1.165, 1.54) is 28.9 Å². The first-order valence-corrected chi connectivity index (χ1v) is 9.59. The summed E-state index contributed by atoms with van der Waals surface area (Å²) in [5.41, 5.74) is 2.03. The van der Waals surface area contributed by atoms with Crippen LogP contribution in [-0.4, -0.2) is 33.1 Å². The molecule has 0 saturated carbocycles. The number of rotatable bonds is 8. The van der Waals surface area contributed by atoms with E-state index in [1.807, 2.05) is 0 Å². The lowest BCUT2D eigenvalue weighted by Crippen LogP contribution is -2.16. The van der Waals surface area contributed by atoms with Crippen LogP contribution in [0.2, 0.25) is 0 Å². The number of anilines is 1. The van der Waals surface area contributed by atoms with Gasteiger partial charge in [-0.2, -0.15) is 14.0 Å². The third-order valence-electron chi connectivity index (χ3n) is 3.86. The molecule has 0 unspecified atom stereocenters. The zero-order valence-electron chi connectivity index (χ0n) is 15.5. The summed E-state index contributed by atoms with van der Waals surface area (Å²) in [5, 5.41) is 19.7. The molecule has 1 heterocycles. The topological polar surface area (TPSA) is 119 Å². The van der Waals surface area contributed by atoms with Gasteiger partial charge >= 0.3 is 6.61 Å². The maximum absolute atomic E-state index is 12.2. The predicted octanol–water partition coefficient (Wildman–Crippen LogP) is 3.06. The minimum Gasteiger partial charge on any atom is -0.435 e. The summed E-state index contributed by atoms with van der Waals surface area (Å²) in [6.45, 7) is -2.90. The van der Waals surface area contributed by atoms with Gasteiger partial charge in [-0.1, -0.05) is 23.9 Å². The molecule has 3 N–H and O–H groups in total. The molecule has 0 radical (unpaired) electrons. The summed E-state index contributed by atoms with van der Waals surface area (Å²) < 4.78 is 30.0. The monoisotopic (exact) mass is 430 g/mol. The molecule has 1 amide bonds. The van der Waals surface area contributed by atoms with E-state index in [9.17, 15) is 13.6 Å². The van der Waals surface area contributed by atoms with Crippen molar-refractivity contribution in [2.45, 2.75) is 18.2 Å². The largest absolute Gasteiger partial charge is 0.435 e. The average molecular weight is 430 g/mol. The Labute approximate surface area is 174 Å². The molecule has 0 aliphatic rings. The average Bonchev–Trinajstić information content (AvgIpc) is 3.09. The van der Waals surface area contributed by atoms with Crippen LogP contribution in [0.3, 0.4) is 0 Å². The highest BCUT2D eigenvalue weighted by Crippen LogP contribution is 2.24. The van der Waals surface area contributed by atoms with Crippen LogP contribution < -0.4 is 15.9 Å². The molecule has 0 saturated heterocycles. The zero-order valence-corrected chi connectivity index (χ0v) is 16.3. The highest BCUT2D eigenvalue weighted by molar-refractivity contribution is 7.99. The number of hydrogen-bond donors (Lipinski definition) is 2. The lowest BCUT2D eigenvalue weighted by atomic mass is 10.1. The molecule has 3 rings (SSSR count). The van der Waals surface area contributed by atoms with Crippen LogP contribution in [0, 0.1) is 11.3 Å². The van der Waals surface area contributed by atoms with E-state index in [0.717, 1.165) is 17.3 Å². The Morgan fingerprint density at radius 3 is 2.53 bits per heavy atom. The maximum Gasteiger partial charge on any atom is 0.387 e. The number of thioether (sulfide) groups is 1. The Hall–Kier alpha value is -3.65. The minimum absolute atomic E-state index is 0.0174. The van der Waals surface area contributed by atoms with Crippen LogP contribution in [0.4, 0.5) is 14.5 Å². The second-order valence-corrected chi connectivity index (χ2v) is 6.89. The van der Waals surface area contributed by atoms with Gasteiger partial charge in [-0.25, -0.2) is 4.68 Å². The van der Waals surface area contributed by atoms with Crippen molar-refractivity contribution >= 4 is 23.4 Å². The Balaban J connectivity index is 1.58. The van der Waals surface area contributed by atoms with Gasteiger partial charge in [0.1, 0.15) is 5.75 Å². The number of halogens is 2. The lowest BCUT2D eigenvalue weighted by Gasteiger charge is -2.07. The number of alkyl halides is 2. The van der Waals surface area contributed by atoms with E-state index in [2.05, 4.69) is 26.3 Å².